The molecule has 0 bridgehead atoms. The molecule has 2 heterocycles. The van der Waals surface area contributed by atoms with Crippen LogP contribution in [-0.2, 0) is 4.74 Å². The van der Waals surface area contributed by atoms with E-state index in [0.29, 0.717) is 6.54 Å². The summed E-state index contributed by atoms with van der Waals surface area (Å²) in [7, 11) is 0. The van der Waals surface area contributed by atoms with Crippen molar-refractivity contribution < 1.29 is 9.53 Å². The fourth-order valence-electron chi connectivity index (χ4n) is 3.98. The van der Waals surface area contributed by atoms with E-state index >= 15 is 0 Å². The Balaban J connectivity index is 1.55. The number of rotatable bonds is 5. The van der Waals surface area contributed by atoms with Crippen molar-refractivity contribution in [1.82, 2.24) is 15.5 Å². The van der Waals surface area contributed by atoms with Crippen molar-refractivity contribution >= 4 is 29.0 Å². The zero-order valence-electron chi connectivity index (χ0n) is 14.9. The first-order valence-corrected chi connectivity index (χ1v) is 10.4. The molecule has 1 aromatic rings. The molecule has 25 heavy (non-hydrogen) atoms. The highest BCUT2D eigenvalue weighted by Gasteiger charge is 2.38. The number of carbonyl (C=O) groups excluding carboxylic acids is 1. The van der Waals surface area contributed by atoms with Gasteiger partial charge in [0.05, 0.1) is 23.6 Å². The van der Waals surface area contributed by atoms with Crippen LogP contribution in [0.15, 0.2) is 12.1 Å². The molecule has 1 atom stereocenters. The largest absolute Gasteiger partial charge is 0.379 e. The molecule has 1 aliphatic heterocycles. The Kier molecular flexibility index (Phi) is 6.61. The van der Waals surface area contributed by atoms with E-state index < -0.39 is 0 Å². The van der Waals surface area contributed by atoms with Crippen molar-refractivity contribution in [1.29, 1.82) is 0 Å². The molecule has 0 aromatic carbocycles. The van der Waals surface area contributed by atoms with Crippen LogP contribution in [0.1, 0.15) is 49.9 Å². The molecule has 1 saturated carbocycles. The van der Waals surface area contributed by atoms with Gasteiger partial charge in [-0.15, -0.1) is 11.3 Å². The zero-order valence-corrected chi connectivity index (χ0v) is 16.4. The quantitative estimate of drug-likeness (QED) is 0.810. The lowest BCUT2D eigenvalue weighted by Crippen LogP contribution is -2.60. The number of thiophene rings is 1. The van der Waals surface area contributed by atoms with Gasteiger partial charge in [0.2, 0.25) is 0 Å². The number of urea groups is 1. The van der Waals surface area contributed by atoms with Crippen molar-refractivity contribution in [2.24, 2.45) is 0 Å². The molecule has 2 amide bonds. The standard InChI is InChI=1S/C18H28ClN3O2S/c1-14(15-5-6-16(19)25-15)21-17(23)20-13-18(7-3-2-4-8-18)22-9-11-24-12-10-22/h5-6,14H,2-4,7-13H2,1H3,(H2,20,21,23). The second kappa shape index (κ2) is 8.71. The summed E-state index contributed by atoms with van der Waals surface area (Å²) in [5, 5.41) is 6.16. The molecule has 1 aliphatic carbocycles. The van der Waals surface area contributed by atoms with Crippen LogP contribution in [0.4, 0.5) is 4.79 Å². The van der Waals surface area contributed by atoms with Crippen molar-refractivity contribution in [2.45, 2.75) is 50.6 Å². The van der Waals surface area contributed by atoms with E-state index in [4.69, 9.17) is 16.3 Å². The molecule has 2 aliphatic rings. The van der Waals surface area contributed by atoms with E-state index in [0.717, 1.165) is 48.4 Å². The molecule has 7 heteroatoms. The molecule has 1 unspecified atom stereocenters. The van der Waals surface area contributed by atoms with Crippen LogP contribution in [0.2, 0.25) is 4.34 Å². The third-order valence-electron chi connectivity index (χ3n) is 5.41. The van der Waals surface area contributed by atoms with Crippen LogP contribution in [0, 0.1) is 0 Å². The Bertz CT molecular complexity index is 568. The SMILES string of the molecule is CC(NC(=O)NCC1(N2CCOCC2)CCCCC1)c1ccc(Cl)s1. The smallest absolute Gasteiger partial charge is 0.315 e. The average Bonchev–Trinajstić information content (AvgIpc) is 3.08. The Morgan fingerprint density at radius 3 is 2.68 bits per heavy atom. The van der Waals surface area contributed by atoms with Gasteiger partial charge >= 0.3 is 6.03 Å². The lowest BCUT2D eigenvalue weighted by atomic mass is 9.80. The van der Waals surface area contributed by atoms with Gasteiger partial charge in [0.25, 0.3) is 0 Å². The number of ether oxygens (including phenoxy) is 1. The summed E-state index contributed by atoms with van der Waals surface area (Å²) in [6, 6.07) is 3.69. The third kappa shape index (κ3) is 4.88. The lowest BCUT2D eigenvalue weighted by Gasteiger charge is -2.48. The van der Waals surface area contributed by atoms with Crippen molar-refractivity contribution in [3.8, 4) is 0 Å². The molecule has 1 saturated heterocycles. The van der Waals surface area contributed by atoms with Gasteiger partial charge in [0, 0.05) is 30.1 Å². The topological polar surface area (TPSA) is 53.6 Å². The predicted molar refractivity (Wildman–Crippen MR) is 102 cm³/mol. The van der Waals surface area contributed by atoms with E-state index in [2.05, 4.69) is 15.5 Å². The van der Waals surface area contributed by atoms with Gasteiger partial charge in [-0.1, -0.05) is 30.9 Å². The summed E-state index contributed by atoms with van der Waals surface area (Å²) < 4.78 is 6.26. The summed E-state index contributed by atoms with van der Waals surface area (Å²) in [5.41, 5.74) is 0.0921. The maximum absolute atomic E-state index is 12.4. The van der Waals surface area contributed by atoms with E-state index in [-0.39, 0.29) is 17.6 Å². The number of carbonyl (C=O) groups is 1. The lowest BCUT2D eigenvalue weighted by molar-refractivity contribution is -0.0357. The molecule has 2 N–H and O–H groups in total. The maximum atomic E-state index is 12.4. The number of nitrogens with one attached hydrogen (secondary N) is 2. The number of morpholine rings is 1. The molecule has 140 valence electrons. The minimum atomic E-state index is -0.102. The summed E-state index contributed by atoms with van der Waals surface area (Å²) in [5.74, 6) is 0. The van der Waals surface area contributed by atoms with Gasteiger partial charge in [-0.3, -0.25) is 4.90 Å². The first-order valence-electron chi connectivity index (χ1n) is 9.21. The predicted octanol–water partition coefficient (Wildman–Crippen LogP) is 3.80. The molecule has 0 radical (unpaired) electrons. The Morgan fingerprint density at radius 1 is 1.32 bits per heavy atom. The minimum Gasteiger partial charge on any atom is -0.379 e. The maximum Gasteiger partial charge on any atom is 0.315 e. The van der Waals surface area contributed by atoms with Gasteiger partial charge in [0.1, 0.15) is 0 Å². The average molecular weight is 386 g/mol. The number of hydrogen-bond donors (Lipinski definition) is 2. The fourth-order valence-corrected chi connectivity index (χ4v) is 5.04. The minimum absolute atomic E-state index is 0.0387. The zero-order chi connectivity index (χ0) is 17.7. The molecular formula is C18H28ClN3O2S. The van der Waals surface area contributed by atoms with Crippen LogP contribution in [0.25, 0.3) is 0 Å². The summed E-state index contributed by atoms with van der Waals surface area (Å²) >= 11 is 7.49. The highest BCUT2D eigenvalue weighted by molar-refractivity contribution is 7.16. The summed E-state index contributed by atoms with van der Waals surface area (Å²) in [6.07, 6.45) is 6.09. The van der Waals surface area contributed by atoms with E-state index in [1.54, 1.807) is 0 Å². The Labute approximate surface area is 159 Å². The molecular weight excluding hydrogens is 358 g/mol. The number of halogens is 1. The van der Waals surface area contributed by atoms with Gasteiger partial charge in [0.15, 0.2) is 0 Å². The fraction of sp³-hybridized carbons (Fsp3) is 0.722. The molecule has 1 aromatic heterocycles. The second-order valence-corrected chi connectivity index (χ2v) is 8.82. The first-order chi connectivity index (χ1) is 12.1. The number of nitrogens with zero attached hydrogens (tertiary/aromatic N) is 1. The summed E-state index contributed by atoms with van der Waals surface area (Å²) in [4.78, 5) is 16.0. The number of amides is 2. The highest BCUT2D eigenvalue weighted by atomic mass is 35.5. The number of hydrogen-bond acceptors (Lipinski definition) is 4. The van der Waals surface area contributed by atoms with Crippen molar-refractivity contribution in [3.63, 3.8) is 0 Å². The normalized spacial score (nSPS) is 22.3. The molecule has 2 fully saturated rings. The van der Waals surface area contributed by atoms with Crippen LogP contribution in [0.5, 0.6) is 0 Å². The molecule has 0 spiro atoms. The van der Waals surface area contributed by atoms with Crippen LogP contribution in [-0.4, -0.2) is 49.3 Å². The highest BCUT2D eigenvalue weighted by Crippen LogP contribution is 2.34. The van der Waals surface area contributed by atoms with Crippen LogP contribution < -0.4 is 10.6 Å². The van der Waals surface area contributed by atoms with Gasteiger partial charge in [-0.05, 0) is 31.9 Å². The van der Waals surface area contributed by atoms with Crippen molar-refractivity contribution in [3.05, 3.63) is 21.3 Å². The first kappa shape index (κ1) is 19.0. The molecule has 3 rings (SSSR count). The summed E-state index contributed by atoms with van der Waals surface area (Å²) in [6.45, 7) is 6.21. The second-order valence-electron chi connectivity index (χ2n) is 7.08. The Hall–Kier alpha value is -0.820. The van der Waals surface area contributed by atoms with Crippen LogP contribution >= 0.6 is 22.9 Å². The van der Waals surface area contributed by atoms with Gasteiger partial charge in [-0.25, -0.2) is 4.79 Å². The monoisotopic (exact) mass is 385 g/mol. The van der Waals surface area contributed by atoms with Gasteiger partial charge < -0.3 is 15.4 Å². The van der Waals surface area contributed by atoms with E-state index in [9.17, 15) is 4.79 Å². The third-order valence-corrected chi connectivity index (χ3v) is 6.83. The van der Waals surface area contributed by atoms with Crippen molar-refractivity contribution in [2.75, 3.05) is 32.8 Å². The van der Waals surface area contributed by atoms with Crippen LogP contribution in [0.3, 0.4) is 0 Å². The van der Waals surface area contributed by atoms with Gasteiger partial charge in [-0.2, -0.15) is 0 Å². The van der Waals surface area contributed by atoms with E-state index in [1.807, 2.05) is 19.1 Å². The Morgan fingerprint density at radius 2 is 2.04 bits per heavy atom. The molecule has 5 nitrogen and oxygen atoms in total. The van der Waals surface area contributed by atoms with E-state index in [1.165, 1.54) is 30.6 Å².